The second kappa shape index (κ2) is 10.1. The van der Waals surface area contributed by atoms with Gasteiger partial charge in [-0.1, -0.05) is 67.6 Å². The molecule has 0 radical (unpaired) electrons. The highest BCUT2D eigenvalue weighted by Crippen LogP contribution is 2.34. The van der Waals surface area contributed by atoms with Crippen LogP contribution >= 0.6 is 11.8 Å². The summed E-state index contributed by atoms with van der Waals surface area (Å²) in [6.07, 6.45) is 2.80. The molecule has 0 aromatic heterocycles. The van der Waals surface area contributed by atoms with Gasteiger partial charge in [0.05, 0.1) is 10.6 Å². The van der Waals surface area contributed by atoms with Crippen LogP contribution in [0.1, 0.15) is 24.5 Å². The van der Waals surface area contributed by atoms with Crippen LogP contribution in [-0.2, 0) is 11.4 Å². The molecule has 0 N–H and O–H groups in total. The van der Waals surface area contributed by atoms with Crippen molar-refractivity contribution in [1.82, 2.24) is 4.90 Å². The number of rotatable bonds is 7. The number of ether oxygens (including phenoxy) is 1. The second-order valence-electron chi connectivity index (χ2n) is 7.14. The third kappa shape index (κ3) is 5.44. The quantitative estimate of drug-likeness (QED) is 0.416. The molecule has 0 aliphatic carbocycles. The molecule has 0 unspecified atom stereocenters. The molecule has 3 aromatic rings. The summed E-state index contributed by atoms with van der Waals surface area (Å²) in [7, 11) is 0. The van der Waals surface area contributed by atoms with Crippen molar-refractivity contribution in [3.63, 3.8) is 0 Å². The number of thioether (sulfide) groups is 1. The van der Waals surface area contributed by atoms with Crippen LogP contribution in [0.25, 0.3) is 6.08 Å². The van der Waals surface area contributed by atoms with E-state index in [0.29, 0.717) is 18.1 Å². The number of para-hydroxylation sites is 1. The van der Waals surface area contributed by atoms with Crippen LogP contribution in [0, 0.1) is 0 Å². The highest BCUT2D eigenvalue weighted by Gasteiger charge is 2.32. The van der Waals surface area contributed by atoms with E-state index >= 15 is 0 Å². The molecule has 1 fully saturated rings. The van der Waals surface area contributed by atoms with Gasteiger partial charge in [0.1, 0.15) is 12.4 Å². The highest BCUT2D eigenvalue weighted by atomic mass is 32.2. The van der Waals surface area contributed by atoms with E-state index < -0.39 is 0 Å². The molecule has 31 heavy (non-hydrogen) atoms. The summed E-state index contributed by atoms with van der Waals surface area (Å²) in [5.41, 5.74) is 2.93. The van der Waals surface area contributed by atoms with E-state index in [9.17, 15) is 4.79 Å². The average Bonchev–Trinajstić information content (AvgIpc) is 3.09. The predicted molar refractivity (Wildman–Crippen MR) is 128 cm³/mol. The Morgan fingerprint density at radius 1 is 0.935 bits per heavy atom. The van der Waals surface area contributed by atoms with Gasteiger partial charge in [0, 0.05) is 6.54 Å². The number of aliphatic imine (C=N–C) groups is 1. The van der Waals surface area contributed by atoms with Crippen LogP contribution in [0.2, 0.25) is 0 Å². The van der Waals surface area contributed by atoms with E-state index in [1.807, 2.05) is 91.0 Å². The van der Waals surface area contributed by atoms with Gasteiger partial charge < -0.3 is 4.74 Å². The van der Waals surface area contributed by atoms with Crippen molar-refractivity contribution in [3.05, 3.63) is 101 Å². The van der Waals surface area contributed by atoms with Gasteiger partial charge in [0.25, 0.3) is 5.91 Å². The number of hydrogen-bond donors (Lipinski definition) is 0. The average molecular weight is 429 g/mol. The Labute approximate surface area is 187 Å². The number of amides is 1. The lowest BCUT2D eigenvalue weighted by molar-refractivity contribution is -0.122. The molecule has 0 atom stereocenters. The first-order chi connectivity index (χ1) is 15.2. The monoisotopic (exact) mass is 428 g/mol. The second-order valence-corrected chi connectivity index (χ2v) is 8.15. The molecule has 4 rings (SSSR count). The number of amidine groups is 1. The minimum absolute atomic E-state index is 0.00550. The van der Waals surface area contributed by atoms with Crippen molar-refractivity contribution in [2.24, 2.45) is 4.99 Å². The van der Waals surface area contributed by atoms with Gasteiger partial charge in [-0.25, -0.2) is 4.99 Å². The predicted octanol–water partition coefficient (Wildman–Crippen LogP) is 6.28. The molecule has 1 saturated heterocycles. The molecular formula is C26H24N2O2S. The smallest absolute Gasteiger partial charge is 0.266 e. The van der Waals surface area contributed by atoms with Crippen LogP contribution in [0.5, 0.6) is 5.75 Å². The zero-order chi connectivity index (χ0) is 21.5. The highest BCUT2D eigenvalue weighted by molar-refractivity contribution is 8.18. The van der Waals surface area contributed by atoms with E-state index in [-0.39, 0.29) is 5.91 Å². The van der Waals surface area contributed by atoms with Crippen molar-refractivity contribution in [1.29, 1.82) is 0 Å². The molecule has 1 heterocycles. The van der Waals surface area contributed by atoms with Gasteiger partial charge in [-0.2, -0.15) is 0 Å². The molecule has 5 heteroatoms. The van der Waals surface area contributed by atoms with Crippen LogP contribution < -0.4 is 4.74 Å². The summed E-state index contributed by atoms with van der Waals surface area (Å²) in [4.78, 5) is 20.1. The normalized spacial score (nSPS) is 16.3. The molecule has 0 bridgehead atoms. The Balaban J connectivity index is 1.48. The maximum absolute atomic E-state index is 13.0. The third-order valence-corrected chi connectivity index (χ3v) is 5.75. The Kier molecular flexibility index (Phi) is 6.85. The maximum atomic E-state index is 13.0. The molecule has 1 aliphatic rings. The van der Waals surface area contributed by atoms with Gasteiger partial charge in [-0.3, -0.25) is 9.69 Å². The Morgan fingerprint density at radius 3 is 2.29 bits per heavy atom. The fraction of sp³-hybridized carbons (Fsp3) is 0.154. The maximum Gasteiger partial charge on any atom is 0.266 e. The molecular weight excluding hydrogens is 404 g/mol. The molecule has 1 amide bonds. The summed E-state index contributed by atoms with van der Waals surface area (Å²) in [5, 5.41) is 0.729. The lowest BCUT2D eigenvalue weighted by atomic mass is 10.2. The number of carbonyl (C=O) groups excluding carboxylic acids is 1. The largest absolute Gasteiger partial charge is 0.489 e. The topological polar surface area (TPSA) is 41.9 Å². The molecule has 0 spiro atoms. The summed E-state index contributed by atoms with van der Waals surface area (Å²) in [5.74, 6) is 0.807. The summed E-state index contributed by atoms with van der Waals surface area (Å²) in [6, 6.07) is 27.6. The van der Waals surface area contributed by atoms with Crippen LogP contribution in [0.4, 0.5) is 5.69 Å². The third-order valence-electron chi connectivity index (χ3n) is 4.74. The van der Waals surface area contributed by atoms with E-state index in [4.69, 9.17) is 9.73 Å². The van der Waals surface area contributed by atoms with Gasteiger partial charge in [0.15, 0.2) is 5.17 Å². The van der Waals surface area contributed by atoms with Gasteiger partial charge in [-0.05, 0) is 59.7 Å². The SMILES string of the molecule is CCCN1C(=O)/C(=C\c2ccc(OCc3ccccc3)cc2)SC1=Nc1ccccc1. The zero-order valence-corrected chi connectivity index (χ0v) is 18.2. The Hall–Kier alpha value is -3.31. The first-order valence-electron chi connectivity index (χ1n) is 10.3. The Morgan fingerprint density at radius 2 is 1.61 bits per heavy atom. The molecule has 4 nitrogen and oxygen atoms in total. The van der Waals surface area contributed by atoms with Crippen molar-refractivity contribution in [3.8, 4) is 5.75 Å². The van der Waals surface area contributed by atoms with Gasteiger partial charge in [0.2, 0.25) is 0 Å². The van der Waals surface area contributed by atoms with Crippen LogP contribution in [0.15, 0.2) is 94.8 Å². The molecule has 0 saturated carbocycles. The summed E-state index contributed by atoms with van der Waals surface area (Å²) < 4.78 is 5.85. The standard InChI is InChI=1S/C26H24N2O2S/c1-2-17-28-25(29)24(31-26(28)27-22-11-7-4-8-12-22)18-20-13-15-23(16-14-20)30-19-21-9-5-3-6-10-21/h3-16,18H,2,17,19H2,1H3/b24-18+,27-26?. The first-order valence-corrected chi connectivity index (χ1v) is 11.2. The van der Waals surface area contributed by atoms with E-state index in [0.717, 1.165) is 34.2 Å². The minimum atomic E-state index is 0.00550. The van der Waals surface area contributed by atoms with Gasteiger partial charge in [-0.15, -0.1) is 0 Å². The first kappa shape index (κ1) is 20.9. The van der Waals surface area contributed by atoms with Crippen molar-refractivity contribution in [2.45, 2.75) is 20.0 Å². The minimum Gasteiger partial charge on any atom is -0.489 e. The van der Waals surface area contributed by atoms with Crippen molar-refractivity contribution < 1.29 is 9.53 Å². The van der Waals surface area contributed by atoms with E-state index in [2.05, 4.69) is 6.92 Å². The lowest BCUT2D eigenvalue weighted by Crippen LogP contribution is -2.29. The number of nitrogens with zero attached hydrogens (tertiary/aromatic N) is 2. The molecule has 3 aromatic carbocycles. The number of hydrogen-bond acceptors (Lipinski definition) is 4. The van der Waals surface area contributed by atoms with Crippen molar-refractivity contribution in [2.75, 3.05) is 6.54 Å². The lowest BCUT2D eigenvalue weighted by Gasteiger charge is -2.13. The summed E-state index contributed by atoms with van der Waals surface area (Å²) in [6.45, 7) is 3.25. The Bertz CT molecular complexity index is 1080. The fourth-order valence-electron chi connectivity index (χ4n) is 3.18. The summed E-state index contributed by atoms with van der Waals surface area (Å²) >= 11 is 1.42. The fourth-order valence-corrected chi connectivity index (χ4v) is 4.20. The number of benzene rings is 3. The van der Waals surface area contributed by atoms with Crippen LogP contribution in [0.3, 0.4) is 0 Å². The zero-order valence-electron chi connectivity index (χ0n) is 17.4. The van der Waals surface area contributed by atoms with E-state index in [1.54, 1.807) is 4.90 Å². The van der Waals surface area contributed by atoms with Crippen LogP contribution in [-0.4, -0.2) is 22.5 Å². The van der Waals surface area contributed by atoms with E-state index in [1.165, 1.54) is 11.8 Å². The molecule has 1 aliphatic heterocycles. The molecule has 156 valence electrons. The number of carbonyl (C=O) groups is 1. The van der Waals surface area contributed by atoms with Crippen molar-refractivity contribution >= 4 is 34.6 Å². The van der Waals surface area contributed by atoms with Gasteiger partial charge >= 0.3 is 0 Å².